The molecular formula is C74H79BN2. The van der Waals surface area contributed by atoms with Gasteiger partial charge in [0.25, 0.3) is 6.71 Å². The van der Waals surface area contributed by atoms with Crippen molar-refractivity contribution in [3.8, 4) is 33.4 Å². The molecule has 388 valence electrons. The van der Waals surface area contributed by atoms with Crippen molar-refractivity contribution in [3.05, 3.63) is 196 Å². The minimum absolute atomic E-state index is 0.00880. The van der Waals surface area contributed by atoms with Crippen molar-refractivity contribution in [1.29, 1.82) is 0 Å². The van der Waals surface area contributed by atoms with Crippen LogP contribution in [0.5, 0.6) is 0 Å². The van der Waals surface area contributed by atoms with E-state index in [4.69, 9.17) is 0 Å². The van der Waals surface area contributed by atoms with E-state index in [1.807, 2.05) is 0 Å². The van der Waals surface area contributed by atoms with Crippen molar-refractivity contribution in [2.24, 2.45) is 0 Å². The lowest BCUT2D eigenvalue weighted by Crippen LogP contribution is -2.61. The fourth-order valence-electron chi connectivity index (χ4n) is 15.4. The molecule has 13 rings (SSSR count). The normalized spacial score (nSPS) is 18.4. The van der Waals surface area contributed by atoms with Crippen molar-refractivity contribution in [3.63, 3.8) is 0 Å². The molecule has 0 fully saturated rings. The van der Waals surface area contributed by atoms with E-state index in [2.05, 4.69) is 272 Å². The van der Waals surface area contributed by atoms with E-state index in [0.717, 1.165) is 6.42 Å². The van der Waals surface area contributed by atoms with Crippen molar-refractivity contribution in [2.75, 3.05) is 9.80 Å². The van der Waals surface area contributed by atoms with Gasteiger partial charge in [-0.3, -0.25) is 0 Å². The molecule has 0 unspecified atom stereocenters. The van der Waals surface area contributed by atoms with E-state index in [-0.39, 0.29) is 44.6 Å². The van der Waals surface area contributed by atoms with Gasteiger partial charge in [-0.1, -0.05) is 214 Å². The second kappa shape index (κ2) is 16.3. The molecule has 77 heavy (non-hydrogen) atoms. The summed E-state index contributed by atoms with van der Waals surface area (Å²) in [7, 11) is 0. The van der Waals surface area contributed by atoms with Crippen LogP contribution in [0.2, 0.25) is 0 Å². The van der Waals surface area contributed by atoms with Gasteiger partial charge in [0.2, 0.25) is 0 Å². The molecule has 0 aromatic heterocycles. The minimum Gasteiger partial charge on any atom is -0.311 e. The van der Waals surface area contributed by atoms with Gasteiger partial charge in [-0.15, -0.1) is 0 Å². The van der Waals surface area contributed by atoms with Crippen LogP contribution in [0.15, 0.2) is 152 Å². The van der Waals surface area contributed by atoms with Crippen LogP contribution in [0, 0.1) is 0 Å². The summed E-state index contributed by atoms with van der Waals surface area (Å²) in [6.07, 6.45) is 3.46. The molecular weight excluding hydrogens is 928 g/mol. The fraction of sp³-hybridized carbons (Fsp3) is 0.351. The summed E-state index contributed by atoms with van der Waals surface area (Å²) in [6.45, 7) is 38.8. The van der Waals surface area contributed by atoms with Crippen LogP contribution in [-0.2, 0) is 37.9 Å². The van der Waals surface area contributed by atoms with E-state index in [1.165, 1.54) is 141 Å². The molecule has 0 saturated heterocycles. The maximum absolute atomic E-state index is 2.73. The van der Waals surface area contributed by atoms with Crippen molar-refractivity contribution < 1.29 is 0 Å². The number of rotatable bonds is 4. The van der Waals surface area contributed by atoms with Crippen LogP contribution in [-0.4, -0.2) is 6.71 Å². The number of nitrogens with zero attached hydrogens (tertiary/aromatic N) is 2. The third-order valence-electron chi connectivity index (χ3n) is 19.6. The first-order valence-corrected chi connectivity index (χ1v) is 28.9. The highest BCUT2D eigenvalue weighted by atomic mass is 15.2. The summed E-state index contributed by atoms with van der Waals surface area (Å²) in [5.74, 6) is 0. The van der Waals surface area contributed by atoms with Crippen LogP contribution in [0.1, 0.15) is 175 Å². The van der Waals surface area contributed by atoms with Gasteiger partial charge in [-0.05, 0) is 189 Å². The van der Waals surface area contributed by atoms with E-state index in [9.17, 15) is 0 Å². The lowest BCUT2D eigenvalue weighted by molar-refractivity contribution is 0.332. The third kappa shape index (κ3) is 7.41. The van der Waals surface area contributed by atoms with E-state index in [0.29, 0.717) is 0 Å². The predicted molar refractivity (Wildman–Crippen MR) is 332 cm³/mol. The first-order valence-electron chi connectivity index (χ1n) is 28.9. The molecule has 0 spiro atoms. The lowest BCUT2D eigenvalue weighted by Gasteiger charge is -2.47. The molecule has 5 aliphatic rings. The minimum atomic E-state index is -0.148. The Morgan fingerprint density at radius 2 is 0.961 bits per heavy atom. The number of hydrogen-bond acceptors (Lipinski definition) is 2. The Kier molecular flexibility index (Phi) is 10.5. The Bertz CT molecular complexity index is 3790. The van der Waals surface area contributed by atoms with Gasteiger partial charge in [-0.2, -0.15) is 0 Å². The van der Waals surface area contributed by atoms with Crippen molar-refractivity contribution in [2.45, 2.75) is 168 Å². The number of fused-ring (bicyclic) bond motifs is 9. The molecule has 0 N–H and O–H groups in total. The summed E-state index contributed by atoms with van der Waals surface area (Å²) < 4.78 is 0. The van der Waals surface area contributed by atoms with Gasteiger partial charge in [0.05, 0.1) is 5.69 Å². The first-order chi connectivity index (χ1) is 36.2. The average Bonchev–Trinajstić information content (AvgIpc) is 3.74. The topological polar surface area (TPSA) is 6.48 Å². The Morgan fingerprint density at radius 3 is 1.66 bits per heavy atom. The van der Waals surface area contributed by atoms with Gasteiger partial charge in [0.1, 0.15) is 0 Å². The predicted octanol–water partition coefficient (Wildman–Crippen LogP) is 18.3. The molecule has 0 radical (unpaired) electrons. The Morgan fingerprint density at radius 1 is 0.377 bits per heavy atom. The summed E-state index contributed by atoms with van der Waals surface area (Å²) in [5.41, 5.74) is 30.8. The summed E-state index contributed by atoms with van der Waals surface area (Å²) in [6, 6.07) is 60.4. The zero-order chi connectivity index (χ0) is 54.3. The standard InChI is InChI=1S/C74H79BN2/c1-68(2,3)47-30-34-61(52(38-47)45-23-18-17-19-24-45)77-62-33-29-46(50-26-22-28-55-66(50)51-25-20-21-27-53(51)74(55,15)16)37-59(62)75-60-42-57-58(73(13,14)44-72(57,11)12)43-63(60)76(64-39-48(69(4,5)6)40-65(77)67(64)75)49-31-32-54-56(41-49)71(9,10)36-35-70(54,7)8/h17-34,37-43H,35-36,44H2,1-16H3. The average molecular weight is 1010 g/mol. The van der Waals surface area contributed by atoms with Crippen LogP contribution < -0.4 is 26.2 Å². The maximum Gasteiger partial charge on any atom is 0.252 e. The van der Waals surface area contributed by atoms with Gasteiger partial charge in [-0.25, -0.2) is 0 Å². The highest BCUT2D eigenvalue weighted by molar-refractivity contribution is 7.00. The summed E-state index contributed by atoms with van der Waals surface area (Å²) >= 11 is 0. The number of benzene rings is 8. The molecule has 0 saturated carbocycles. The Balaban J connectivity index is 1.17. The van der Waals surface area contributed by atoms with Gasteiger partial charge in [0, 0.05) is 39.4 Å². The molecule has 8 aromatic carbocycles. The second-order valence-electron chi connectivity index (χ2n) is 29.2. The van der Waals surface area contributed by atoms with E-state index in [1.54, 1.807) is 0 Å². The molecule has 3 aliphatic carbocycles. The molecule has 8 aromatic rings. The molecule has 2 nitrogen and oxygen atoms in total. The smallest absolute Gasteiger partial charge is 0.252 e. The van der Waals surface area contributed by atoms with Gasteiger partial charge in [0.15, 0.2) is 0 Å². The quantitative estimate of drug-likeness (QED) is 0.162. The summed E-state index contributed by atoms with van der Waals surface area (Å²) in [4.78, 5) is 5.42. The molecule has 0 bridgehead atoms. The number of anilines is 6. The monoisotopic (exact) mass is 1010 g/mol. The molecule has 2 heterocycles. The molecule has 0 amide bonds. The third-order valence-corrected chi connectivity index (χ3v) is 19.6. The van der Waals surface area contributed by atoms with Crippen molar-refractivity contribution >= 4 is 57.2 Å². The zero-order valence-electron chi connectivity index (χ0n) is 49.0. The Labute approximate surface area is 462 Å². The van der Waals surface area contributed by atoms with Gasteiger partial charge >= 0.3 is 0 Å². The van der Waals surface area contributed by atoms with Crippen LogP contribution in [0.3, 0.4) is 0 Å². The summed E-state index contributed by atoms with van der Waals surface area (Å²) in [5, 5.41) is 0. The maximum atomic E-state index is 2.73. The highest BCUT2D eigenvalue weighted by Gasteiger charge is 2.50. The van der Waals surface area contributed by atoms with E-state index < -0.39 is 0 Å². The lowest BCUT2D eigenvalue weighted by atomic mass is 9.33. The molecule has 3 heteroatoms. The largest absolute Gasteiger partial charge is 0.311 e. The zero-order valence-corrected chi connectivity index (χ0v) is 49.0. The van der Waals surface area contributed by atoms with Gasteiger partial charge < -0.3 is 9.80 Å². The molecule has 0 atom stereocenters. The highest BCUT2D eigenvalue weighted by Crippen LogP contribution is 2.56. The Hall–Kier alpha value is -6.58. The van der Waals surface area contributed by atoms with Crippen LogP contribution in [0.4, 0.5) is 34.1 Å². The second-order valence-corrected chi connectivity index (χ2v) is 29.2. The fourth-order valence-corrected chi connectivity index (χ4v) is 15.4. The molecule has 2 aliphatic heterocycles. The SMILES string of the molecule is CC(C)(C)c1ccc(N2c3ccc(-c4cccc5c4-c4ccccc4C5(C)C)cc3B3c4cc5c(cc4N(c4ccc6c(c4)C(C)(C)CCC6(C)C)c4cc(C(C)(C)C)cc2c43)C(C)(C)CC5(C)C)c(-c2ccccc2)c1. The van der Waals surface area contributed by atoms with Crippen molar-refractivity contribution in [1.82, 2.24) is 0 Å². The van der Waals surface area contributed by atoms with E-state index >= 15 is 0 Å². The first kappa shape index (κ1) is 50.0. The number of hydrogen-bond donors (Lipinski definition) is 0. The van der Waals surface area contributed by atoms with Crippen LogP contribution >= 0.6 is 0 Å². The van der Waals surface area contributed by atoms with Crippen LogP contribution in [0.25, 0.3) is 33.4 Å².